The van der Waals surface area contributed by atoms with Gasteiger partial charge in [-0.25, -0.2) is 0 Å². The molecule has 0 radical (unpaired) electrons. The van der Waals surface area contributed by atoms with E-state index in [4.69, 9.17) is 13.8 Å². The van der Waals surface area contributed by atoms with Crippen molar-refractivity contribution in [2.24, 2.45) is 0 Å². The second-order valence-electron chi connectivity index (χ2n) is 4.70. The van der Waals surface area contributed by atoms with Crippen molar-refractivity contribution in [1.82, 2.24) is 20.3 Å². The largest absolute Gasteiger partial charge is 0.381 e. The van der Waals surface area contributed by atoms with Crippen LogP contribution in [0.1, 0.15) is 42.2 Å². The van der Waals surface area contributed by atoms with Crippen LogP contribution >= 0.6 is 0 Å². The fourth-order valence-corrected chi connectivity index (χ4v) is 2.11. The summed E-state index contributed by atoms with van der Waals surface area (Å²) in [6, 6.07) is 0. The van der Waals surface area contributed by atoms with Crippen LogP contribution in [0.25, 0.3) is 0 Å². The molecule has 1 atom stereocenters. The first-order valence-electron chi connectivity index (χ1n) is 6.50. The third-order valence-electron chi connectivity index (χ3n) is 3.13. The molecule has 1 saturated heterocycles. The zero-order chi connectivity index (χ0) is 13.1. The zero-order valence-corrected chi connectivity index (χ0v) is 10.8. The molecule has 0 N–H and O–H groups in total. The van der Waals surface area contributed by atoms with Crippen molar-refractivity contribution in [3.05, 3.63) is 23.4 Å². The average molecular weight is 264 g/mol. The highest BCUT2D eigenvalue weighted by molar-refractivity contribution is 4.97. The van der Waals surface area contributed by atoms with Crippen LogP contribution in [-0.4, -0.2) is 33.5 Å². The molecule has 3 rings (SSSR count). The Morgan fingerprint density at radius 2 is 1.89 bits per heavy atom. The Morgan fingerprint density at radius 3 is 2.58 bits per heavy atom. The number of rotatable bonds is 5. The van der Waals surface area contributed by atoms with Crippen molar-refractivity contribution in [3.63, 3.8) is 0 Å². The number of aryl methyl sites for hydroxylation is 3. The lowest BCUT2D eigenvalue weighted by molar-refractivity contribution is 0.192. The second kappa shape index (κ2) is 5.48. The van der Waals surface area contributed by atoms with E-state index in [2.05, 4.69) is 20.3 Å². The fraction of sp³-hybridized carbons (Fsp3) is 0.667. The number of ether oxygens (including phenoxy) is 1. The van der Waals surface area contributed by atoms with Crippen molar-refractivity contribution in [2.45, 2.75) is 38.5 Å². The quantitative estimate of drug-likeness (QED) is 0.807. The molecule has 0 aliphatic carbocycles. The number of aromatic nitrogens is 4. The third kappa shape index (κ3) is 2.98. The lowest BCUT2D eigenvalue weighted by Crippen LogP contribution is -2.00. The summed E-state index contributed by atoms with van der Waals surface area (Å²) in [5.41, 5.74) is 0. The molecule has 7 heteroatoms. The molecular formula is C12H16N4O3. The number of nitrogens with zero attached hydrogens (tertiary/aromatic N) is 4. The van der Waals surface area contributed by atoms with Crippen LogP contribution in [0.4, 0.5) is 0 Å². The van der Waals surface area contributed by atoms with Gasteiger partial charge in [-0.05, 0) is 19.8 Å². The summed E-state index contributed by atoms with van der Waals surface area (Å²) in [7, 11) is 0. The normalized spacial score (nSPS) is 19.1. The van der Waals surface area contributed by atoms with E-state index in [0.29, 0.717) is 24.2 Å². The minimum absolute atomic E-state index is 0.288. The van der Waals surface area contributed by atoms with Crippen molar-refractivity contribution in [1.29, 1.82) is 0 Å². The first-order chi connectivity index (χ1) is 9.31. The monoisotopic (exact) mass is 264 g/mol. The highest BCUT2D eigenvalue weighted by Gasteiger charge is 2.22. The van der Waals surface area contributed by atoms with Crippen molar-refractivity contribution < 1.29 is 13.8 Å². The van der Waals surface area contributed by atoms with Crippen LogP contribution in [0, 0.1) is 6.92 Å². The zero-order valence-electron chi connectivity index (χ0n) is 10.8. The summed E-state index contributed by atoms with van der Waals surface area (Å²) < 4.78 is 15.6. The van der Waals surface area contributed by atoms with E-state index in [1.54, 1.807) is 6.92 Å². The van der Waals surface area contributed by atoms with Crippen LogP contribution in [0.2, 0.25) is 0 Å². The van der Waals surface area contributed by atoms with Gasteiger partial charge in [0.2, 0.25) is 11.8 Å². The fourth-order valence-electron chi connectivity index (χ4n) is 2.11. The van der Waals surface area contributed by atoms with Gasteiger partial charge in [-0.15, -0.1) is 0 Å². The standard InChI is InChI=1S/C12H16N4O3/c1-8-13-10(18-15-8)3-2-4-11-14-12(16-19-11)9-5-6-17-7-9/h9H,2-7H2,1H3/t9-/m1/s1. The summed E-state index contributed by atoms with van der Waals surface area (Å²) in [5, 5.41) is 7.76. The molecule has 0 spiro atoms. The molecule has 1 aliphatic rings. The van der Waals surface area contributed by atoms with Crippen LogP contribution in [0.15, 0.2) is 9.05 Å². The molecule has 0 aromatic carbocycles. The van der Waals surface area contributed by atoms with E-state index >= 15 is 0 Å². The summed E-state index contributed by atoms with van der Waals surface area (Å²) in [6.07, 6.45) is 3.28. The Labute approximate surface area is 110 Å². The van der Waals surface area contributed by atoms with Crippen molar-refractivity contribution >= 4 is 0 Å². The highest BCUT2D eigenvalue weighted by atomic mass is 16.5. The Balaban J connectivity index is 1.50. The molecule has 0 saturated carbocycles. The van der Waals surface area contributed by atoms with Gasteiger partial charge in [-0.1, -0.05) is 10.3 Å². The molecule has 102 valence electrons. The molecule has 0 bridgehead atoms. The topological polar surface area (TPSA) is 87.1 Å². The van der Waals surface area contributed by atoms with Crippen LogP contribution in [-0.2, 0) is 17.6 Å². The van der Waals surface area contributed by atoms with E-state index in [0.717, 1.165) is 38.1 Å². The van der Waals surface area contributed by atoms with Crippen LogP contribution < -0.4 is 0 Å². The van der Waals surface area contributed by atoms with E-state index in [1.165, 1.54) is 0 Å². The molecular weight excluding hydrogens is 248 g/mol. The van der Waals surface area contributed by atoms with Gasteiger partial charge in [0.25, 0.3) is 0 Å². The van der Waals surface area contributed by atoms with Gasteiger partial charge in [0.05, 0.1) is 6.61 Å². The van der Waals surface area contributed by atoms with Crippen LogP contribution in [0.3, 0.4) is 0 Å². The smallest absolute Gasteiger partial charge is 0.226 e. The molecule has 7 nitrogen and oxygen atoms in total. The SMILES string of the molecule is Cc1noc(CCCc2nc([C@@H]3CCOC3)no2)n1. The van der Waals surface area contributed by atoms with Gasteiger partial charge in [0.1, 0.15) is 0 Å². The molecule has 3 heterocycles. The van der Waals surface area contributed by atoms with E-state index in [-0.39, 0.29) is 5.92 Å². The molecule has 2 aromatic rings. The second-order valence-corrected chi connectivity index (χ2v) is 4.70. The van der Waals surface area contributed by atoms with E-state index < -0.39 is 0 Å². The maximum absolute atomic E-state index is 5.31. The molecule has 0 amide bonds. The molecule has 19 heavy (non-hydrogen) atoms. The summed E-state index contributed by atoms with van der Waals surface area (Å²) in [5.74, 6) is 3.04. The van der Waals surface area contributed by atoms with E-state index in [1.807, 2.05) is 0 Å². The Kier molecular flexibility index (Phi) is 3.54. The minimum Gasteiger partial charge on any atom is -0.381 e. The predicted octanol–water partition coefficient (Wildman–Crippen LogP) is 1.44. The molecule has 1 aliphatic heterocycles. The molecule has 1 fully saturated rings. The molecule has 2 aromatic heterocycles. The van der Waals surface area contributed by atoms with E-state index in [9.17, 15) is 0 Å². The third-order valence-corrected chi connectivity index (χ3v) is 3.13. The summed E-state index contributed by atoms with van der Waals surface area (Å²) in [4.78, 5) is 8.55. The maximum Gasteiger partial charge on any atom is 0.226 e. The van der Waals surface area contributed by atoms with Gasteiger partial charge in [-0.3, -0.25) is 0 Å². The lowest BCUT2D eigenvalue weighted by atomic mass is 10.1. The van der Waals surface area contributed by atoms with Crippen molar-refractivity contribution in [2.75, 3.05) is 13.2 Å². The predicted molar refractivity (Wildman–Crippen MR) is 63.5 cm³/mol. The Bertz CT molecular complexity index is 531. The van der Waals surface area contributed by atoms with Crippen molar-refractivity contribution in [3.8, 4) is 0 Å². The molecule has 0 unspecified atom stereocenters. The van der Waals surface area contributed by atoms with Gasteiger partial charge < -0.3 is 13.8 Å². The summed E-state index contributed by atoms with van der Waals surface area (Å²) >= 11 is 0. The number of hydrogen-bond acceptors (Lipinski definition) is 7. The van der Waals surface area contributed by atoms with Crippen LogP contribution in [0.5, 0.6) is 0 Å². The summed E-state index contributed by atoms with van der Waals surface area (Å²) in [6.45, 7) is 3.28. The van der Waals surface area contributed by atoms with Gasteiger partial charge in [0, 0.05) is 25.4 Å². The van der Waals surface area contributed by atoms with Gasteiger partial charge >= 0.3 is 0 Å². The minimum atomic E-state index is 0.288. The number of hydrogen-bond donors (Lipinski definition) is 0. The average Bonchev–Trinajstić information content (AvgIpc) is 3.09. The first-order valence-corrected chi connectivity index (χ1v) is 6.50. The van der Waals surface area contributed by atoms with Gasteiger partial charge in [0.15, 0.2) is 11.6 Å². The maximum atomic E-state index is 5.31. The van der Waals surface area contributed by atoms with Gasteiger partial charge in [-0.2, -0.15) is 9.97 Å². The Morgan fingerprint density at radius 1 is 1.11 bits per heavy atom. The Hall–Kier alpha value is -1.76. The lowest BCUT2D eigenvalue weighted by Gasteiger charge is -1.97. The highest BCUT2D eigenvalue weighted by Crippen LogP contribution is 2.22. The first kappa shape index (κ1) is 12.3.